The van der Waals surface area contributed by atoms with Crippen molar-refractivity contribution in [3.05, 3.63) is 35.5 Å². The second-order valence-electron chi connectivity index (χ2n) is 3.62. The average Bonchev–Trinajstić information content (AvgIpc) is 2.86. The summed E-state index contributed by atoms with van der Waals surface area (Å²) in [4.78, 5) is 0. The molecule has 20 heavy (non-hydrogen) atoms. The Labute approximate surface area is 113 Å². The summed E-state index contributed by atoms with van der Waals surface area (Å²) in [7, 11) is 0. The van der Waals surface area contributed by atoms with Gasteiger partial charge in [-0.05, 0) is 12.1 Å². The van der Waals surface area contributed by atoms with Crippen LogP contribution in [0.1, 0.15) is 17.9 Å². The summed E-state index contributed by atoms with van der Waals surface area (Å²) in [5, 5.41) is 6.51. The fourth-order valence-corrected chi connectivity index (χ4v) is 1.68. The number of nitrogens with one attached hydrogen (secondary N) is 1. The summed E-state index contributed by atoms with van der Waals surface area (Å²) in [6, 6.07) is 3.71. The van der Waals surface area contributed by atoms with Crippen molar-refractivity contribution in [2.75, 3.05) is 0 Å². The third-order valence-corrected chi connectivity index (χ3v) is 2.70. The summed E-state index contributed by atoms with van der Waals surface area (Å²) in [5.74, 6) is -1.77. The SMILES string of the molecule is O=S(O)NCc1ccc(-c2nnc(C(F)F)o2)cc1F. The molecule has 1 aromatic carbocycles. The van der Waals surface area contributed by atoms with Crippen molar-refractivity contribution in [3.63, 3.8) is 0 Å². The standard InChI is InChI=1S/C10H8F3N3O3S/c11-7-3-5(1-2-6(7)4-14-20(17)18)9-15-16-10(19-9)8(12)13/h1-3,8,14H,4H2,(H,17,18). The van der Waals surface area contributed by atoms with Crippen LogP contribution < -0.4 is 4.72 Å². The molecule has 0 aliphatic heterocycles. The highest BCUT2D eigenvalue weighted by Gasteiger charge is 2.17. The Morgan fingerprint density at radius 2 is 2.15 bits per heavy atom. The van der Waals surface area contributed by atoms with Crippen molar-refractivity contribution >= 4 is 11.3 Å². The van der Waals surface area contributed by atoms with E-state index in [2.05, 4.69) is 19.3 Å². The molecule has 10 heteroatoms. The van der Waals surface area contributed by atoms with Crippen molar-refractivity contribution in [1.82, 2.24) is 14.9 Å². The first kappa shape index (κ1) is 14.6. The molecular weight excluding hydrogens is 299 g/mol. The van der Waals surface area contributed by atoms with E-state index in [4.69, 9.17) is 4.55 Å². The Hall–Kier alpha value is -1.78. The molecule has 0 aliphatic carbocycles. The highest BCUT2D eigenvalue weighted by molar-refractivity contribution is 7.77. The van der Waals surface area contributed by atoms with Crippen molar-refractivity contribution in [3.8, 4) is 11.5 Å². The van der Waals surface area contributed by atoms with E-state index >= 15 is 0 Å². The maximum atomic E-state index is 13.7. The van der Waals surface area contributed by atoms with E-state index in [-0.39, 0.29) is 23.6 Å². The van der Waals surface area contributed by atoms with Crippen LogP contribution in [0.3, 0.4) is 0 Å². The first-order chi connectivity index (χ1) is 9.47. The highest BCUT2D eigenvalue weighted by Crippen LogP contribution is 2.24. The van der Waals surface area contributed by atoms with Gasteiger partial charge < -0.3 is 4.42 Å². The molecular formula is C10H8F3N3O3S. The molecule has 2 N–H and O–H groups in total. The molecule has 2 rings (SSSR count). The monoisotopic (exact) mass is 307 g/mol. The first-order valence-electron chi connectivity index (χ1n) is 5.22. The second kappa shape index (κ2) is 6.11. The Morgan fingerprint density at radius 1 is 1.40 bits per heavy atom. The van der Waals surface area contributed by atoms with Crippen molar-refractivity contribution < 1.29 is 26.4 Å². The molecule has 0 aliphatic rings. The molecule has 0 spiro atoms. The van der Waals surface area contributed by atoms with Crippen LogP contribution in [0.2, 0.25) is 0 Å². The normalized spacial score (nSPS) is 12.8. The number of rotatable bonds is 5. The van der Waals surface area contributed by atoms with Gasteiger partial charge in [-0.15, -0.1) is 10.2 Å². The summed E-state index contributed by atoms with van der Waals surface area (Å²) < 4.78 is 64.0. The van der Waals surface area contributed by atoms with Crippen molar-refractivity contribution in [1.29, 1.82) is 0 Å². The largest absolute Gasteiger partial charge is 0.415 e. The summed E-state index contributed by atoms with van der Waals surface area (Å²) in [6.07, 6.45) is -2.90. The Balaban J connectivity index is 2.21. The van der Waals surface area contributed by atoms with Gasteiger partial charge in [0.15, 0.2) is 0 Å². The zero-order chi connectivity index (χ0) is 14.7. The molecule has 0 amide bonds. The number of aromatic nitrogens is 2. The maximum Gasteiger partial charge on any atom is 0.314 e. The lowest BCUT2D eigenvalue weighted by Gasteiger charge is -2.03. The molecule has 1 aromatic heterocycles. The summed E-state index contributed by atoms with van der Waals surface area (Å²) in [6.45, 7) is -0.165. The van der Waals surface area contributed by atoms with Crippen LogP contribution in [-0.4, -0.2) is 19.0 Å². The van der Waals surface area contributed by atoms with Gasteiger partial charge in [-0.25, -0.2) is 13.3 Å². The molecule has 1 atom stereocenters. The van der Waals surface area contributed by atoms with Gasteiger partial charge in [0.1, 0.15) is 5.82 Å². The summed E-state index contributed by atoms with van der Waals surface area (Å²) in [5.41, 5.74) is 0.264. The third-order valence-electron chi connectivity index (χ3n) is 2.31. The van der Waals surface area contributed by atoms with Gasteiger partial charge in [0.25, 0.3) is 5.89 Å². The quantitative estimate of drug-likeness (QED) is 0.825. The van der Waals surface area contributed by atoms with Gasteiger partial charge >= 0.3 is 6.43 Å². The molecule has 0 bridgehead atoms. The number of halogens is 3. The van der Waals surface area contributed by atoms with Crippen LogP contribution in [0.4, 0.5) is 13.2 Å². The van der Waals surface area contributed by atoms with E-state index in [1.807, 2.05) is 0 Å². The van der Waals surface area contributed by atoms with Crippen LogP contribution in [0.25, 0.3) is 11.5 Å². The van der Waals surface area contributed by atoms with Gasteiger partial charge in [0, 0.05) is 17.7 Å². The van der Waals surface area contributed by atoms with Gasteiger partial charge in [-0.2, -0.15) is 8.78 Å². The molecule has 0 saturated carbocycles. The molecule has 0 fully saturated rings. The van der Waals surface area contributed by atoms with Crippen LogP contribution in [0.15, 0.2) is 22.6 Å². The molecule has 1 heterocycles. The minimum atomic E-state index is -2.90. The van der Waals surface area contributed by atoms with E-state index in [1.165, 1.54) is 12.1 Å². The number of benzene rings is 1. The van der Waals surface area contributed by atoms with Crippen molar-refractivity contribution in [2.45, 2.75) is 13.0 Å². The first-order valence-corrected chi connectivity index (χ1v) is 6.32. The van der Waals surface area contributed by atoms with E-state index < -0.39 is 29.4 Å². The Bertz CT molecular complexity index is 635. The lowest BCUT2D eigenvalue weighted by molar-refractivity contribution is 0.116. The third kappa shape index (κ3) is 3.40. The van der Waals surface area contributed by atoms with Crippen LogP contribution in [0.5, 0.6) is 0 Å². The number of hydrogen-bond acceptors (Lipinski definition) is 4. The van der Waals surface area contributed by atoms with Crippen LogP contribution >= 0.6 is 0 Å². The Kier molecular flexibility index (Phi) is 4.47. The predicted octanol–water partition coefficient (Wildman–Crippen LogP) is 2.04. The molecule has 1 unspecified atom stereocenters. The molecule has 2 aromatic rings. The second-order valence-corrected chi connectivity index (χ2v) is 4.41. The van der Waals surface area contributed by atoms with Crippen LogP contribution in [0, 0.1) is 5.82 Å². The highest BCUT2D eigenvalue weighted by atomic mass is 32.2. The van der Waals surface area contributed by atoms with Crippen molar-refractivity contribution in [2.24, 2.45) is 0 Å². The topological polar surface area (TPSA) is 88.2 Å². The molecule has 0 saturated heterocycles. The van der Waals surface area contributed by atoms with E-state index in [0.717, 1.165) is 6.07 Å². The van der Waals surface area contributed by atoms with Gasteiger partial charge in [0.05, 0.1) is 0 Å². The number of alkyl halides is 2. The fourth-order valence-electron chi connectivity index (χ4n) is 1.40. The number of nitrogens with zero attached hydrogens (tertiary/aromatic N) is 2. The molecule has 108 valence electrons. The zero-order valence-corrected chi connectivity index (χ0v) is 10.5. The fraction of sp³-hybridized carbons (Fsp3) is 0.200. The maximum absolute atomic E-state index is 13.7. The van der Waals surface area contributed by atoms with Gasteiger partial charge in [0.2, 0.25) is 17.2 Å². The lowest BCUT2D eigenvalue weighted by Crippen LogP contribution is -2.16. The molecule has 0 radical (unpaired) electrons. The summed E-state index contributed by atoms with van der Waals surface area (Å²) >= 11 is -2.26. The minimum absolute atomic E-state index is 0.129. The predicted molar refractivity (Wildman–Crippen MR) is 62.3 cm³/mol. The van der Waals surface area contributed by atoms with E-state index in [9.17, 15) is 17.4 Å². The average molecular weight is 307 g/mol. The lowest BCUT2D eigenvalue weighted by atomic mass is 10.1. The molecule has 6 nitrogen and oxygen atoms in total. The van der Waals surface area contributed by atoms with Crippen LogP contribution in [-0.2, 0) is 17.8 Å². The van der Waals surface area contributed by atoms with Gasteiger partial charge in [-0.3, -0.25) is 4.55 Å². The number of hydrogen-bond donors (Lipinski definition) is 2. The van der Waals surface area contributed by atoms with E-state index in [0.29, 0.717) is 0 Å². The zero-order valence-electron chi connectivity index (χ0n) is 9.72. The van der Waals surface area contributed by atoms with E-state index in [1.54, 1.807) is 0 Å². The van der Waals surface area contributed by atoms with Gasteiger partial charge in [-0.1, -0.05) is 6.07 Å². The smallest absolute Gasteiger partial charge is 0.314 e. The Morgan fingerprint density at radius 3 is 2.70 bits per heavy atom. The minimum Gasteiger partial charge on any atom is -0.415 e.